The van der Waals surface area contributed by atoms with Crippen molar-refractivity contribution in [3.63, 3.8) is 0 Å². The number of methoxy groups -OCH3 is 1. The molecule has 1 saturated carbocycles. The lowest BCUT2D eigenvalue weighted by Crippen LogP contribution is -2.35. The molecule has 1 aromatic rings. The van der Waals surface area contributed by atoms with E-state index in [2.05, 4.69) is 10.3 Å². The van der Waals surface area contributed by atoms with Crippen LogP contribution in [0.1, 0.15) is 36.4 Å². The van der Waals surface area contributed by atoms with Gasteiger partial charge in [-0.15, -0.1) is 0 Å². The molecular weight excluding hydrogens is 276 g/mol. The topological polar surface area (TPSA) is 80.5 Å². The van der Waals surface area contributed by atoms with E-state index in [1.165, 1.54) is 11.3 Å². The van der Waals surface area contributed by atoms with E-state index in [4.69, 9.17) is 10.5 Å². The third kappa shape index (κ3) is 3.61. The third-order valence-electron chi connectivity index (χ3n) is 3.04. The smallest absolute Gasteiger partial charge is 0.268 e. The summed E-state index contributed by atoms with van der Waals surface area (Å²) in [6, 6.07) is 0.595. The Balaban J connectivity index is 2.11. The summed E-state index contributed by atoms with van der Waals surface area (Å²) in [5.41, 5.74) is 5.89. The summed E-state index contributed by atoms with van der Waals surface area (Å²) >= 11 is 1.32. The lowest BCUT2D eigenvalue weighted by atomic mass is 10.3. The summed E-state index contributed by atoms with van der Waals surface area (Å²) in [6.45, 7) is 5.19. The molecule has 1 aromatic heterocycles. The Morgan fingerprint density at radius 2 is 2.30 bits per heavy atom. The predicted octanol–water partition coefficient (Wildman–Crippen LogP) is 1.80. The fourth-order valence-electron chi connectivity index (χ4n) is 1.95. The van der Waals surface area contributed by atoms with Gasteiger partial charge in [-0.05, 0) is 26.7 Å². The van der Waals surface area contributed by atoms with Gasteiger partial charge in [0.2, 0.25) is 0 Å². The summed E-state index contributed by atoms with van der Waals surface area (Å²) in [6.07, 6.45) is 2.12. The Kier molecular flexibility index (Phi) is 4.82. The lowest BCUT2D eigenvalue weighted by Gasteiger charge is -2.21. The van der Waals surface area contributed by atoms with Crippen LogP contribution >= 0.6 is 11.3 Å². The number of thiazole rings is 1. The Labute approximate surface area is 123 Å². The van der Waals surface area contributed by atoms with Gasteiger partial charge in [0.15, 0.2) is 5.13 Å². The minimum atomic E-state index is -0.0312. The van der Waals surface area contributed by atoms with E-state index >= 15 is 0 Å². The second kappa shape index (κ2) is 6.41. The quantitative estimate of drug-likeness (QED) is 0.802. The molecule has 1 heterocycles. The first-order valence-electron chi connectivity index (χ1n) is 6.85. The minimum absolute atomic E-state index is 0.0312. The molecule has 0 saturated heterocycles. The van der Waals surface area contributed by atoms with Crippen molar-refractivity contribution in [1.82, 2.24) is 9.88 Å². The molecule has 0 unspecified atom stereocenters. The zero-order valence-corrected chi connectivity index (χ0v) is 13.0. The number of carbonyl (C=O) groups excluding carboxylic acids is 1. The fourth-order valence-corrected chi connectivity index (χ4v) is 2.94. The summed E-state index contributed by atoms with van der Waals surface area (Å²) in [4.78, 5) is 19.2. The predicted molar refractivity (Wildman–Crippen MR) is 81.2 cm³/mol. The molecule has 6 nitrogen and oxygen atoms in total. The molecule has 0 aromatic carbocycles. The zero-order chi connectivity index (χ0) is 14.7. The first-order chi connectivity index (χ1) is 9.52. The summed E-state index contributed by atoms with van der Waals surface area (Å²) < 4.78 is 5.07. The van der Waals surface area contributed by atoms with Crippen LogP contribution in [0.25, 0.3) is 0 Å². The molecule has 1 aliphatic carbocycles. The average Bonchev–Trinajstić information content (AvgIpc) is 3.14. The number of anilines is 2. The number of nitrogens with one attached hydrogen (secondary N) is 1. The zero-order valence-electron chi connectivity index (χ0n) is 12.2. The minimum Gasteiger partial charge on any atom is -0.383 e. The fraction of sp³-hybridized carbons (Fsp3) is 0.692. The third-order valence-corrected chi connectivity index (χ3v) is 4.03. The van der Waals surface area contributed by atoms with Crippen LogP contribution < -0.4 is 11.1 Å². The maximum absolute atomic E-state index is 12.6. The average molecular weight is 298 g/mol. The van der Waals surface area contributed by atoms with Crippen molar-refractivity contribution in [3.8, 4) is 0 Å². The van der Waals surface area contributed by atoms with Gasteiger partial charge < -0.3 is 20.7 Å². The monoisotopic (exact) mass is 298 g/mol. The van der Waals surface area contributed by atoms with Crippen LogP contribution in [0, 0.1) is 0 Å². The highest BCUT2D eigenvalue weighted by Gasteiger charge is 2.34. The first kappa shape index (κ1) is 15.1. The molecule has 7 heteroatoms. The van der Waals surface area contributed by atoms with Crippen molar-refractivity contribution in [1.29, 1.82) is 0 Å². The number of aromatic nitrogens is 1. The largest absolute Gasteiger partial charge is 0.383 e. The number of amides is 1. The Bertz CT molecular complexity index is 471. The number of nitrogen functional groups attached to an aromatic ring is 1. The Hall–Kier alpha value is -1.34. The van der Waals surface area contributed by atoms with Crippen LogP contribution in [0.2, 0.25) is 0 Å². The summed E-state index contributed by atoms with van der Waals surface area (Å²) in [5.74, 6) is 0.280. The lowest BCUT2D eigenvalue weighted by molar-refractivity contribution is 0.0685. The number of nitrogens with zero attached hydrogens (tertiary/aromatic N) is 2. The SMILES string of the molecule is COCCN(C(=O)c1sc(NC(C)C)nc1N)C1CC1. The second-order valence-corrected chi connectivity index (χ2v) is 6.25. The highest BCUT2D eigenvalue weighted by molar-refractivity contribution is 7.18. The van der Waals surface area contributed by atoms with Crippen molar-refractivity contribution >= 4 is 28.2 Å². The van der Waals surface area contributed by atoms with E-state index in [1.807, 2.05) is 18.7 Å². The number of nitrogens with two attached hydrogens (primary N) is 1. The van der Waals surface area contributed by atoms with Gasteiger partial charge >= 0.3 is 0 Å². The van der Waals surface area contributed by atoms with Crippen LogP contribution in [-0.2, 0) is 4.74 Å². The van der Waals surface area contributed by atoms with Crippen LogP contribution in [0.15, 0.2) is 0 Å². The van der Waals surface area contributed by atoms with Gasteiger partial charge in [0.25, 0.3) is 5.91 Å². The summed E-state index contributed by atoms with van der Waals surface area (Å²) in [5, 5.41) is 3.88. The highest BCUT2D eigenvalue weighted by atomic mass is 32.1. The van der Waals surface area contributed by atoms with Crippen LogP contribution in [0.4, 0.5) is 10.9 Å². The number of ether oxygens (including phenoxy) is 1. The molecule has 1 fully saturated rings. The van der Waals surface area contributed by atoms with Gasteiger partial charge in [-0.1, -0.05) is 11.3 Å². The summed E-state index contributed by atoms with van der Waals surface area (Å²) in [7, 11) is 1.64. The number of hydrogen-bond donors (Lipinski definition) is 2. The van der Waals surface area contributed by atoms with E-state index in [9.17, 15) is 4.79 Å². The van der Waals surface area contributed by atoms with Crippen molar-refractivity contribution in [2.24, 2.45) is 0 Å². The Morgan fingerprint density at radius 1 is 1.60 bits per heavy atom. The number of hydrogen-bond acceptors (Lipinski definition) is 6. The molecule has 0 aliphatic heterocycles. The normalized spacial score (nSPS) is 14.6. The van der Waals surface area contributed by atoms with E-state index in [-0.39, 0.29) is 11.9 Å². The van der Waals surface area contributed by atoms with Crippen LogP contribution in [0.5, 0.6) is 0 Å². The van der Waals surface area contributed by atoms with E-state index in [1.54, 1.807) is 7.11 Å². The maximum atomic E-state index is 12.6. The van der Waals surface area contributed by atoms with Crippen molar-refractivity contribution in [2.45, 2.75) is 38.8 Å². The molecular formula is C13H22N4O2S. The number of rotatable bonds is 7. The standard InChI is InChI=1S/C13H22N4O2S/c1-8(2)15-13-16-11(14)10(20-13)12(18)17(6-7-19-3)9-4-5-9/h8-9H,4-7,14H2,1-3H3,(H,15,16). The highest BCUT2D eigenvalue weighted by Crippen LogP contribution is 2.32. The number of carbonyl (C=O) groups is 1. The van der Waals surface area contributed by atoms with Gasteiger partial charge in [0, 0.05) is 25.7 Å². The van der Waals surface area contributed by atoms with E-state index in [0.29, 0.717) is 35.0 Å². The van der Waals surface area contributed by atoms with Crippen molar-refractivity contribution < 1.29 is 9.53 Å². The maximum Gasteiger partial charge on any atom is 0.268 e. The van der Waals surface area contributed by atoms with Gasteiger partial charge in [0.05, 0.1) is 6.61 Å². The molecule has 0 bridgehead atoms. The Morgan fingerprint density at radius 3 is 2.85 bits per heavy atom. The molecule has 0 spiro atoms. The van der Waals surface area contributed by atoms with Gasteiger partial charge in [-0.25, -0.2) is 4.98 Å². The molecule has 3 N–H and O–H groups in total. The van der Waals surface area contributed by atoms with Crippen LogP contribution in [0.3, 0.4) is 0 Å². The molecule has 112 valence electrons. The van der Waals surface area contributed by atoms with E-state index in [0.717, 1.165) is 12.8 Å². The van der Waals surface area contributed by atoms with Gasteiger partial charge in [-0.2, -0.15) is 0 Å². The molecule has 20 heavy (non-hydrogen) atoms. The molecule has 0 radical (unpaired) electrons. The van der Waals surface area contributed by atoms with Crippen molar-refractivity contribution in [3.05, 3.63) is 4.88 Å². The molecule has 0 atom stereocenters. The molecule has 1 aliphatic rings. The molecule has 2 rings (SSSR count). The second-order valence-electron chi connectivity index (χ2n) is 5.25. The first-order valence-corrected chi connectivity index (χ1v) is 7.67. The van der Waals surface area contributed by atoms with Crippen LogP contribution in [-0.4, -0.2) is 48.1 Å². The molecule has 1 amide bonds. The van der Waals surface area contributed by atoms with Gasteiger partial charge in [0.1, 0.15) is 10.7 Å². The van der Waals surface area contributed by atoms with Gasteiger partial charge in [-0.3, -0.25) is 4.79 Å². The van der Waals surface area contributed by atoms with Crippen molar-refractivity contribution in [2.75, 3.05) is 31.3 Å². The van der Waals surface area contributed by atoms with E-state index < -0.39 is 0 Å².